The van der Waals surface area contributed by atoms with Gasteiger partial charge in [-0.2, -0.15) is 0 Å². The molecular weight excluding hydrogens is 286 g/mol. The van der Waals surface area contributed by atoms with Gasteiger partial charge in [0.2, 0.25) is 5.91 Å². The second-order valence-corrected chi connectivity index (χ2v) is 4.05. The number of halogens is 1. The van der Waals surface area contributed by atoms with Crippen LogP contribution in [0.4, 0.5) is 0 Å². The van der Waals surface area contributed by atoms with Crippen LogP contribution in [0.15, 0.2) is 24.3 Å². The Labute approximate surface area is 109 Å². The molecule has 1 aromatic carbocycles. The van der Waals surface area contributed by atoms with Gasteiger partial charge in [-0.05, 0) is 6.07 Å². The van der Waals surface area contributed by atoms with Crippen LogP contribution < -0.4 is 4.74 Å². The van der Waals surface area contributed by atoms with Crippen LogP contribution in [-0.2, 0) is 11.3 Å². The van der Waals surface area contributed by atoms with Crippen molar-refractivity contribution in [1.82, 2.24) is 4.90 Å². The molecule has 17 heavy (non-hydrogen) atoms. The zero-order chi connectivity index (χ0) is 12.7. The molecule has 0 aromatic heterocycles. The van der Waals surface area contributed by atoms with E-state index in [0.29, 0.717) is 13.1 Å². The molecule has 0 fully saturated rings. The van der Waals surface area contributed by atoms with Crippen molar-refractivity contribution in [2.75, 3.05) is 25.6 Å². The number of methoxy groups -OCH3 is 1. The van der Waals surface area contributed by atoms with Crippen molar-refractivity contribution in [2.24, 2.45) is 0 Å². The van der Waals surface area contributed by atoms with Gasteiger partial charge in [0, 0.05) is 18.7 Å². The largest absolute Gasteiger partial charge is 0.496 e. The van der Waals surface area contributed by atoms with Gasteiger partial charge >= 0.3 is 0 Å². The van der Waals surface area contributed by atoms with Crippen LogP contribution in [0.2, 0.25) is 0 Å². The van der Waals surface area contributed by atoms with Gasteiger partial charge in [0.25, 0.3) is 0 Å². The van der Waals surface area contributed by atoms with Gasteiger partial charge in [0.05, 0.1) is 19.0 Å². The first-order valence-corrected chi connectivity index (χ1v) is 6.41. The number of para-hydroxylation sites is 1. The summed E-state index contributed by atoms with van der Waals surface area (Å²) < 4.78 is 5.23. The van der Waals surface area contributed by atoms with Gasteiger partial charge in [-0.25, -0.2) is 0 Å². The maximum atomic E-state index is 11.6. The number of aliphatic hydroxyl groups excluding tert-OH is 1. The lowest BCUT2D eigenvalue weighted by Gasteiger charge is -2.22. The molecule has 0 bridgehead atoms. The highest BCUT2D eigenvalue weighted by Crippen LogP contribution is 2.19. The highest BCUT2D eigenvalue weighted by Gasteiger charge is 2.13. The summed E-state index contributed by atoms with van der Waals surface area (Å²) in [5, 5.41) is 9.20. The number of amides is 1. The molecule has 1 amide bonds. The predicted octanol–water partition coefficient (Wildman–Crippen LogP) is 1.41. The number of aliphatic hydroxyl groups is 1. The molecule has 5 heteroatoms. The first-order valence-electron chi connectivity index (χ1n) is 5.29. The molecule has 0 saturated heterocycles. The van der Waals surface area contributed by atoms with E-state index >= 15 is 0 Å². The first-order chi connectivity index (χ1) is 8.22. The zero-order valence-corrected chi connectivity index (χ0v) is 11.3. The fourth-order valence-corrected chi connectivity index (χ4v) is 1.89. The Morgan fingerprint density at radius 3 is 2.76 bits per heavy atom. The predicted molar refractivity (Wildman–Crippen MR) is 69.3 cm³/mol. The number of carbonyl (C=O) groups is 1. The number of hydrogen-bond acceptors (Lipinski definition) is 3. The molecule has 4 nitrogen and oxygen atoms in total. The second-order valence-electron chi connectivity index (χ2n) is 3.48. The Morgan fingerprint density at radius 1 is 1.47 bits per heavy atom. The summed E-state index contributed by atoms with van der Waals surface area (Å²) in [7, 11) is 1.60. The van der Waals surface area contributed by atoms with Crippen LogP contribution in [0.1, 0.15) is 5.56 Å². The van der Waals surface area contributed by atoms with Gasteiger partial charge in [-0.3, -0.25) is 4.79 Å². The summed E-state index contributed by atoms with van der Waals surface area (Å²) in [6.07, 6.45) is 0. The molecular formula is C12H16BrNO3. The van der Waals surface area contributed by atoms with E-state index in [4.69, 9.17) is 9.84 Å². The molecule has 1 rings (SSSR count). The number of benzene rings is 1. The molecule has 0 aliphatic carbocycles. The SMILES string of the molecule is COc1ccccc1CN(CCO)C(=O)CBr. The van der Waals surface area contributed by atoms with E-state index in [2.05, 4.69) is 15.9 Å². The van der Waals surface area contributed by atoms with Crippen molar-refractivity contribution in [3.8, 4) is 5.75 Å². The molecule has 0 radical (unpaired) electrons. The molecule has 0 saturated carbocycles. The minimum absolute atomic E-state index is 0.0477. The van der Waals surface area contributed by atoms with Crippen molar-refractivity contribution in [1.29, 1.82) is 0 Å². The summed E-state index contributed by atoms with van der Waals surface area (Å²) in [5.41, 5.74) is 0.928. The van der Waals surface area contributed by atoms with Crippen molar-refractivity contribution < 1.29 is 14.6 Å². The summed E-state index contributed by atoms with van der Waals surface area (Å²) in [4.78, 5) is 13.2. The van der Waals surface area contributed by atoms with Gasteiger partial charge in [-0.1, -0.05) is 34.1 Å². The highest BCUT2D eigenvalue weighted by atomic mass is 79.9. The Morgan fingerprint density at radius 2 is 2.18 bits per heavy atom. The van der Waals surface area contributed by atoms with Gasteiger partial charge in [-0.15, -0.1) is 0 Å². The van der Waals surface area contributed by atoms with Crippen molar-refractivity contribution in [3.05, 3.63) is 29.8 Å². The lowest BCUT2D eigenvalue weighted by Crippen LogP contribution is -2.33. The van der Waals surface area contributed by atoms with Crippen LogP contribution in [0.25, 0.3) is 0 Å². The van der Waals surface area contributed by atoms with Crippen LogP contribution in [-0.4, -0.2) is 41.5 Å². The topological polar surface area (TPSA) is 49.8 Å². The van der Waals surface area contributed by atoms with Crippen LogP contribution in [0.5, 0.6) is 5.75 Å². The average molecular weight is 302 g/mol. The number of ether oxygens (including phenoxy) is 1. The molecule has 0 heterocycles. The van der Waals surface area contributed by atoms with Crippen LogP contribution in [0, 0.1) is 0 Å². The third kappa shape index (κ3) is 4.02. The first kappa shape index (κ1) is 14.0. The maximum Gasteiger partial charge on any atom is 0.233 e. The smallest absolute Gasteiger partial charge is 0.233 e. The fraction of sp³-hybridized carbons (Fsp3) is 0.417. The second kappa shape index (κ2) is 7.29. The van der Waals surface area contributed by atoms with Gasteiger partial charge < -0.3 is 14.7 Å². The lowest BCUT2D eigenvalue weighted by molar-refractivity contribution is -0.129. The Bertz CT molecular complexity index is 371. The van der Waals surface area contributed by atoms with E-state index in [1.807, 2.05) is 24.3 Å². The fourth-order valence-electron chi connectivity index (χ4n) is 1.54. The van der Waals surface area contributed by atoms with Crippen molar-refractivity contribution >= 4 is 21.8 Å². The Balaban J connectivity index is 2.81. The van der Waals surface area contributed by atoms with Gasteiger partial charge in [0.15, 0.2) is 0 Å². The standard InChI is InChI=1S/C12H16BrNO3/c1-17-11-5-3-2-4-10(11)9-14(6-7-15)12(16)8-13/h2-5,15H,6-9H2,1H3. The van der Waals surface area contributed by atoms with Crippen molar-refractivity contribution in [3.63, 3.8) is 0 Å². The number of nitrogens with zero attached hydrogens (tertiary/aromatic N) is 1. The van der Waals surface area contributed by atoms with Crippen LogP contribution >= 0.6 is 15.9 Å². The average Bonchev–Trinajstić information content (AvgIpc) is 2.38. The molecule has 0 aliphatic rings. The van der Waals surface area contributed by atoms with Gasteiger partial charge in [0.1, 0.15) is 5.75 Å². The lowest BCUT2D eigenvalue weighted by atomic mass is 10.2. The molecule has 94 valence electrons. The quantitative estimate of drug-likeness (QED) is 0.808. The van der Waals surface area contributed by atoms with E-state index in [0.717, 1.165) is 11.3 Å². The van der Waals surface area contributed by atoms with E-state index in [1.165, 1.54) is 0 Å². The summed E-state index contributed by atoms with van der Waals surface area (Å²) >= 11 is 3.13. The molecule has 1 aromatic rings. The molecule has 0 unspecified atom stereocenters. The third-order valence-electron chi connectivity index (χ3n) is 2.39. The normalized spacial score (nSPS) is 10.1. The summed E-state index contributed by atoms with van der Waals surface area (Å²) in [6.45, 7) is 0.714. The molecule has 0 aliphatic heterocycles. The number of rotatable bonds is 6. The van der Waals surface area contributed by atoms with E-state index in [9.17, 15) is 4.79 Å². The van der Waals surface area contributed by atoms with Crippen molar-refractivity contribution in [2.45, 2.75) is 6.54 Å². The minimum atomic E-state index is -0.0510. The van der Waals surface area contributed by atoms with E-state index in [1.54, 1.807) is 12.0 Å². The number of carbonyl (C=O) groups excluding carboxylic acids is 1. The Kier molecular flexibility index (Phi) is 6.00. The number of hydrogen-bond donors (Lipinski definition) is 1. The maximum absolute atomic E-state index is 11.6. The zero-order valence-electron chi connectivity index (χ0n) is 9.73. The minimum Gasteiger partial charge on any atom is -0.496 e. The molecule has 0 atom stereocenters. The monoisotopic (exact) mass is 301 g/mol. The van der Waals surface area contributed by atoms with E-state index < -0.39 is 0 Å². The Hall–Kier alpha value is -1.07. The molecule has 1 N–H and O–H groups in total. The third-order valence-corrected chi connectivity index (χ3v) is 2.87. The van der Waals surface area contributed by atoms with Crippen LogP contribution in [0.3, 0.4) is 0 Å². The number of alkyl halides is 1. The summed E-state index contributed by atoms with van der Waals surface area (Å²) in [6, 6.07) is 7.54. The molecule has 0 spiro atoms. The summed E-state index contributed by atoms with van der Waals surface area (Å²) in [5.74, 6) is 0.697. The van der Waals surface area contributed by atoms with E-state index in [-0.39, 0.29) is 17.8 Å². The highest BCUT2D eigenvalue weighted by molar-refractivity contribution is 9.09.